The summed E-state index contributed by atoms with van der Waals surface area (Å²) >= 11 is 0. The molecular weight excluding hydrogens is 138 g/mol. The van der Waals surface area contributed by atoms with Crippen molar-refractivity contribution < 1.29 is 4.74 Å². The van der Waals surface area contributed by atoms with E-state index in [0.29, 0.717) is 0 Å². The van der Waals surface area contributed by atoms with Gasteiger partial charge in [-0.05, 0) is 19.9 Å². The Morgan fingerprint density at radius 1 is 1.55 bits per heavy atom. The lowest BCUT2D eigenvalue weighted by molar-refractivity contribution is 0.156. The van der Waals surface area contributed by atoms with Gasteiger partial charge in [0.1, 0.15) is 0 Å². The predicted molar refractivity (Wildman–Crippen MR) is 48.4 cm³/mol. The van der Waals surface area contributed by atoms with Crippen LogP contribution < -0.4 is 5.32 Å². The number of methoxy groups -OCH3 is 1. The van der Waals surface area contributed by atoms with Crippen LogP contribution in [0.25, 0.3) is 0 Å². The Balaban J connectivity index is 3.89. The fourth-order valence-corrected chi connectivity index (χ4v) is 0.642. The van der Waals surface area contributed by atoms with Gasteiger partial charge in [-0.25, -0.2) is 0 Å². The van der Waals surface area contributed by atoms with Crippen molar-refractivity contribution in [1.29, 1.82) is 0 Å². The van der Waals surface area contributed by atoms with E-state index in [0.717, 1.165) is 5.70 Å². The van der Waals surface area contributed by atoms with Crippen molar-refractivity contribution in [3.63, 3.8) is 0 Å². The third-order valence-corrected chi connectivity index (χ3v) is 1.52. The molecule has 0 aliphatic heterocycles. The molecule has 0 aliphatic carbocycles. The highest BCUT2D eigenvalue weighted by molar-refractivity contribution is 5.16. The number of ether oxygens (including phenoxy) is 1. The quantitative estimate of drug-likeness (QED) is 0.624. The fourth-order valence-electron chi connectivity index (χ4n) is 0.642. The van der Waals surface area contributed by atoms with Crippen molar-refractivity contribution in [3.8, 4) is 0 Å². The molecule has 1 N–H and O–H groups in total. The van der Waals surface area contributed by atoms with Crippen molar-refractivity contribution in [2.75, 3.05) is 14.2 Å². The van der Waals surface area contributed by atoms with Gasteiger partial charge in [0, 0.05) is 19.9 Å². The van der Waals surface area contributed by atoms with E-state index in [2.05, 4.69) is 5.32 Å². The summed E-state index contributed by atoms with van der Waals surface area (Å²) in [5.74, 6) is 0. The Kier molecular flexibility index (Phi) is 5.57. The summed E-state index contributed by atoms with van der Waals surface area (Å²) in [5.41, 5.74) is 1.11. The average Bonchev–Trinajstić information content (AvgIpc) is 2.06. The molecule has 0 aromatic carbocycles. The summed E-state index contributed by atoms with van der Waals surface area (Å²) in [7, 11) is 3.60. The van der Waals surface area contributed by atoms with Crippen molar-refractivity contribution in [2.24, 2.45) is 0 Å². The number of hydrogen-bond acceptors (Lipinski definition) is 2. The average molecular weight is 155 g/mol. The van der Waals surface area contributed by atoms with Gasteiger partial charge < -0.3 is 10.1 Å². The van der Waals surface area contributed by atoms with Gasteiger partial charge >= 0.3 is 0 Å². The first-order chi connectivity index (χ1) is 5.24. The molecule has 64 valence electrons. The van der Waals surface area contributed by atoms with Crippen molar-refractivity contribution >= 4 is 0 Å². The van der Waals surface area contributed by atoms with Crippen LogP contribution in [0.4, 0.5) is 0 Å². The van der Waals surface area contributed by atoms with Gasteiger partial charge in [-0.2, -0.15) is 0 Å². The molecule has 2 heteroatoms. The summed E-state index contributed by atoms with van der Waals surface area (Å²) < 4.78 is 5.05. The van der Waals surface area contributed by atoms with Gasteiger partial charge in [-0.15, -0.1) is 0 Å². The molecule has 0 rings (SSSR count). The third-order valence-electron chi connectivity index (χ3n) is 1.52. The Hall–Kier alpha value is -0.760. The highest BCUT2D eigenvalue weighted by Crippen LogP contribution is 1.95. The molecule has 0 spiro atoms. The molecule has 1 atom stereocenters. The van der Waals surface area contributed by atoms with Crippen LogP contribution in [0.1, 0.15) is 13.8 Å². The summed E-state index contributed by atoms with van der Waals surface area (Å²) in [6.07, 6.45) is 6.21. The van der Waals surface area contributed by atoms with Gasteiger partial charge in [0.2, 0.25) is 0 Å². The monoisotopic (exact) mass is 155 g/mol. The first kappa shape index (κ1) is 10.2. The smallest absolute Gasteiger partial charge is 0.0727 e. The first-order valence-corrected chi connectivity index (χ1v) is 3.79. The largest absolute Gasteiger partial charge is 0.388 e. The zero-order valence-corrected chi connectivity index (χ0v) is 7.72. The predicted octanol–water partition coefficient (Wildman–Crippen LogP) is 1.70. The fraction of sp³-hybridized carbons (Fsp3) is 0.556. The number of allylic oxidation sites excluding steroid dienone is 2. The van der Waals surface area contributed by atoms with Crippen molar-refractivity contribution in [2.45, 2.75) is 20.0 Å². The van der Waals surface area contributed by atoms with E-state index in [9.17, 15) is 0 Å². The second-order valence-electron chi connectivity index (χ2n) is 2.29. The van der Waals surface area contributed by atoms with E-state index in [-0.39, 0.29) is 6.10 Å². The Bertz CT molecular complexity index is 150. The van der Waals surface area contributed by atoms with E-state index >= 15 is 0 Å². The number of nitrogens with one attached hydrogen (secondary N) is 1. The Labute approximate surface area is 68.9 Å². The lowest BCUT2D eigenvalue weighted by Gasteiger charge is -2.03. The molecule has 11 heavy (non-hydrogen) atoms. The maximum Gasteiger partial charge on any atom is 0.0727 e. The van der Waals surface area contributed by atoms with Crippen LogP contribution in [0.2, 0.25) is 0 Å². The standard InChI is InChI=1S/C9H17NO/c1-5-9(10-3)7-6-8(2)11-4/h5-8,10H,1-4H3/b7-6-,9-5+. The first-order valence-electron chi connectivity index (χ1n) is 3.79. The molecule has 0 saturated carbocycles. The molecular formula is C9H17NO. The molecule has 0 fully saturated rings. The maximum atomic E-state index is 5.05. The second-order valence-corrected chi connectivity index (χ2v) is 2.29. The molecule has 2 nitrogen and oxygen atoms in total. The van der Waals surface area contributed by atoms with Gasteiger partial charge in [-0.3, -0.25) is 0 Å². The van der Waals surface area contributed by atoms with Crippen LogP contribution in [0.15, 0.2) is 23.9 Å². The van der Waals surface area contributed by atoms with Gasteiger partial charge in [0.05, 0.1) is 6.10 Å². The lowest BCUT2D eigenvalue weighted by Crippen LogP contribution is -2.04. The zero-order chi connectivity index (χ0) is 8.69. The van der Waals surface area contributed by atoms with Crippen LogP contribution in [0.5, 0.6) is 0 Å². The minimum Gasteiger partial charge on any atom is -0.388 e. The van der Waals surface area contributed by atoms with Crippen LogP contribution in [-0.2, 0) is 4.74 Å². The summed E-state index contributed by atoms with van der Waals surface area (Å²) in [6, 6.07) is 0. The molecule has 1 unspecified atom stereocenters. The second kappa shape index (κ2) is 5.98. The van der Waals surface area contributed by atoms with E-state index in [1.807, 2.05) is 39.1 Å². The number of likely N-dealkylation sites (N-methyl/N-ethyl adjacent to an activating group) is 1. The molecule has 0 aliphatic rings. The molecule has 0 aromatic rings. The van der Waals surface area contributed by atoms with Crippen LogP contribution in [0, 0.1) is 0 Å². The molecule has 0 heterocycles. The molecule has 0 amide bonds. The Morgan fingerprint density at radius 2 is 2.18 bits per heavy atom. The van der Waals surface area contributed by atoms with Gasteiger partial charge in [0.15, 0.2) is 0 Å². The molecule has 0 bridgehead atoms. The van der Waals surface area contributed by atoms with Gasteiger partial charge in [0.25, 0.3) is 0 Å². The maximum absolute atomic E-state index is 5.05. The molecule has 0 aromatic heterocycles. The summed E-state index contributed by atoms with van der Waals surface area (Å²) in [6.45, 7) is 3.99. The van der Waals surface area contributed by atoms with E-state index in [1.54, 1.807) is 7.11 Å². The zero-order valence-electron chi connectivity index (χ0n) is 7.72. The van der Waals surface area contributed by atoms with E-state index < -0.39 is 0 Å². The highest BCUT2D eigenvalue weighted by atomic mass is 16.5. The number of rotatable bonds is 4. The van der Waals surface area contributed by atoms with Crippen LogP contribution in [0.3, 0.4) is 0 Å². The van der Waals surface area contributed by atoms with Crippen molar-refractivity contribution in [3.05, 3.63) is 23.9 Å². The topological polar surface area (TPSA) is 21.3 Å². The Morgan fingerprint density at radius 3 is 2.55 bits per heavy atom. The van der Waals surface area contributed by atoms with Crippen molar-refractivity contribution in [1.82, 2.24) is 5.32 Å². The molecule has 0 saturated heterocycles. The van der Waals surface area contributed by atoms with Crippen LogP contribution >= 0.6 is 0 Å². The summed E-state index contributed by atoms with van der Waals surface area (Å²) in [5, 5.41) is 3.05. The summed E-state index contributed by atoms with van der Waals surface area (Å²) in [4.78, 5) is 0. The SMILES string of the molecule is C/C=C(\C=C/C(C)OC)NC. The molecule has 0 radical (unpaired) electrons. The minimum absolute atomic E-state index is 0.179. The van der Waals surface area contributed by atoms with Crippen LogP contribution in [-0.4, -0.2) is 20.3 Å². The number of hydrogen-bond donors (Lipinski definition) is 1. The third kappa shape index (κ3) is 4.62. The minimum atomic E-state index is 0.179. The lowest BCUT2D eigenvalue weighted by atomic mass is 10.3. The van der Waals surface area contributed by atoms with Gasteiger partial charge in [-0.1, -0.05) is 12.2 Å². The highest BCUT2D eigenvalue weighted by Gasteiger charge is 1.90. The van der Waals surface area contributed by atoms with E-state index in [1.165, 1.54) is 0 Å². The normalized spacial score (nSPS) is 15.5. The van der Waals surface area contributed by atoms with E-state index in [4.69, 9.17) is 4.74 Å².